The first kappa shape index (κ1) is 18.9. The van der Waals surface area contributed by atoms with Gasteiger partial charge in [0.1, 0.15) is 10.6 Å². The van der Waals surface area contributed by atoms with Gasteiger partial charge < -0.3 is 9.47 Å². The lowest BCUT2D eigenvalue weighted by Crippen LogP contribution is -2.46. The molecule has 2 fully saturated rings. The molecule has 27 heavy (non-hydrogen) atoms. The van der Waals surface area contributed by atoms with Crippen LogP contribution in [0.25, 0.3) is 0 Å². The molecule has 4 rings (SSSR count). The molecule has 0 atom stereocenters. The zero-order chi connectivity index (χ0) is 19.1. The molecule has 144 valence electrons. The topological polar surface area (TPSA) is 52.6 Å². The first-order valence-corrected chi connectivity index (χ1v) is 10.8. The van der Waals surface area contributed by atoms with Gasteiger partial charge in [0.05, 0.1) is 18.1 Å². The quantitative estimate of drug-likeness (QED) is 0.749. The van der Waals surface area contributed by atoms with Crippen LogP contribution in [-0.2, 0) is 24.1 Å². The van der Waals surface area contributed by atoms with Gasteiger partial charge in [-0.15, -0.1) is 0 Å². The molecule has 0 N–H and O–H groups in total. The molecule has 0 unspecified atom stereocenters. The standard InChI is InChI=1S/C20H20ClFO4S/c21-16-3-7-18(8-4-16)27(23,24)19(15-1-5-17(22)6-2-15)9-11-20(12-10-19)25-13-14-26-20/h1-8H,9-14H2. The van der Waals surface area contributed by atoms with E-state index in [1.54, 1.807) is 24.3 Å². The second kappa shape index (κ2) is 6.85. The van der Waals surface area contributed by atoms with Crippen molar-refractivity contribution in [3.8, 4) is 0 Å². The molecule has 2 aromatic rings. The Bertz CT molecular complexity index is 909. The maximum Gasteiger partial charge on any atom is 0.188 e. The molecule has 1 aliphatic heterocycles. The van der Waals surface area contributed by atoms with E-state index in [4.69, 9.17) is 21.1 Å². The summed E-state index contributed by atoms with van der Waals surface area (Å²) in [6.45, 7) is 1.04. The van der Waals surface area contributed by atoms with Gasteiger partial charge in [0, 0.05) is 17.9 Å². The monoisotopic (exact) mass is 410 g/mol. The molecule has 0 amide bonds. The van der Waals surface area contributed by atoms with Gasteiger partial charge in [-0.05, 0) is 54.8 Å². The zero-order valence-electron chi connectivity index (χ0n) is 14.7. The van der Waals surface area contributed by atoms with Crippen molar-refractivity contribution in [2.24, 2.45) is 0 Å². The number of rotatable bonds is 3. The van der Waals surface area contributed by atoms with E-state index < -0.39 is 26.2 Å². The summed E-state index contributed by atoms with van der Waals surface area (Å²) >= 11 is 5.93. The fourth-order valence-electron chi connectivity index (χ4n) is 4.13. The van der Waals surface area contributed by atoms with Crippen LogP contribution >= 0.6 is 11.6 Å². The lowest BCUT2D eigenvalue weighted by Gasteiger charge is -2.43. The highest BCUT2D eigenvalue weighted by atomic mass is 35.5. The van der Waals surface area contributed by atoms with Crippen LogP contribution in [0.1, 0.15) is 31.2 Å². The third-order valence-electron chi connectivity index (χ3n) is 5.64. The summed E-state index contributed by atoms with van der Waals surface area (Å²) in [4.78, 5) is 0.209. The molecule has 0 aromatic heterocycles. The molecular formula is C20H20ClFO4S. The summed E-state index contributed by atoms with van der Waals surface area (Å²) in [5.74, 6) is -1.09. The summed E-state index contributed by atoms with van der Waals surface area (Å²) in [6.07, 6.45) is 1.61. The molecule has 1 spiro atoms. The maximum atomic E-state index is 13.7. The molecule has 1 saturated carbocycles. The van der Waals surface area contributed by atoms with E-state index in [1.165, 1.54) is 24.3 Å². The van der Waals surface area contributed by atoms with Crippen molar-refractivity contribution in [1.29, 1.82) is 0 Å². The minimum absolute atomic E-state index is 0.209. The fraction of sp³-hybridized carbons (Fsp3) is 0.400. The van der Waals surface area contributed by atoms with Crippen molar-refractivity contribution >= 4 is 21.4 Å². The molecule has 2 aliphatic rings. The van der Waals surface area contributed by atoms with Gasteiger partial charge in [0.15, 0.2) is 15.6 Å². The summed E-state index contributed by atoms with van der Waals surface area (Å²) < 4.78 is 51.2. The Kier molecular flexibility index (Phi) is 4.79. The third kappa shape index (κ3) is 3.18. The van der Waals surface area contributed by atoms with Crippen LogP contribution in [0, 0.1) is 5.82 Å². The van der Waals surface area contributed by atoms with Crippen LogP contribution in [0.2, 0.25) is 5.02 Å². The molecule has 0 radical (unpaired) electrons. The van der Waals surface area contributed by atoms with E-state index in [0.29, 0.717) is 49.5 Å². The highest BCUT2D eigenvalue weighted by Crippen LogP contribution is 2.51. The minimum Gasteiger partial charge on any atom is -0.348 e. The predicted octanol–water partition coefficient (Wildman–Crippen LogP) is 4.47. The van der Waals surface area contributed by atoms with Crippen molar-refractivity contribution < 1.29 is 22.3 Å². The molecule has 1 aliphatic carbocycles. The van der Waals surface area contributed by atoms with Crippen LogP contribution in [0.3, 0.4) is 0 Å². The molecule has 1 saturated heterocycles. The maximum absolute atomic E-state index is 13.7. The molecular weight excluding hydrogens is 391 g/mol. The smallest absolute Gasteiger partial charge is 0.188 e. The molecule has 1 heterocycles. The van der Waals surface area contributed by atoms with Gasteiger partial charge in [-0.3, -0.25) is 0 Å². The third-order valence-corrected chi connectivity index (χ3v) is 8.46. The van der Waals surface area contributed by atoms with Gasteiger partial charge in [0.25, 0.3) is 0 Å². The lowest BCUT2D eigenvalue weighted by atomic mass is 9.80. The summed E-state index contributed by atoms with van der Waals surface area (Å²) in [6, 6.07) is 11.9. The Balaban J connectivity index is 1.79. The predicted molar refractivity (Wildman–Crippen MR) is 99.8 cm³/mol. The largest absolute Gasteiger partial charge is 0.348 e. The Morgan fingerprint density at radius 1 is 0.852 bits per heavy atom. The summed E-state index contributed by atoms with van der Waals surface area (Å²) in [5.41, 5.74) is 0.590. The van der Waals surface area contributed by atoms with Crippen LogP contribution < -0.4 is 0 Å². The van der Waals surface area contributed by atoms with Gasteiger partial charge in [-0.2, -0.15) is 0 Å². The second-order valence-electron chi connectivity index (χ2n) is 7.07. The van der Waals surface area contributed by atoms with Crippen molar-refractivity contribution in [2.45, 2.75) is 41.1 Å². The van der Waals surface area contributed by atoms with Crippen molar-refractivity contribution in [2.75, 3.05) is 13.2 Å². The van der Waals surface area contributed by atoms with E-state index in [2.05, 4.69) is 0 Å². The van der Waals surface area contributed by atoms with E-state index in [0.717, 1.165) is 0 Å². The molecule has 4 nitrogen and oxygen atoms in total. The van der Waals surface area contributed by atoms with Crippen LogP contribution in [0.5, 0.6) is 0 Å². The fourth-order valence-corrected chi connectivity index (χ4v) is 6.39. The van der Waals surface area contributed by atoms with E-state index in [-0.39, 0.29) is 4.90 Å². The average Bonchev–Trinajstić information content (AvgIpc) is 3.12. The first-order chi connectivity index (χ1) is 12.9. The number of benzene rings is 2. The second-order valence-corrected chi connectivity index (χ2v) is 9.76. The van der Waals surface area contributed by atoms with Crippen molar-refractivity contribution in [3.63, 3.8) is 0 Å². The first-order valence-electron chi connectivity index (χ1n) is 8.91. The highest BCUT2D eigenvalue weighted by Gasteiger charge is 2.53. The lowest BCUT2D eigenvalue weighted by molar-refractivity contribution is -0.180. The van der Waals surface area contributed by atoms with E-state index in [9.17, 15) is 12.8 Å². The van der Waals surface area contributed by atoms with E-state index >= 15 is 0 Å². The number of ether oxygens (including phenoxy) is 2. The molecule has 2 aromatic carbocycles. The zero-order valence-corrected chi connectivity index (χ0v) is 16.2. The Morgan fingerprint density at radius 3 is 1.96 bits per heavy atom. The number of sulfone groups is 1. The SMILES string of the molecule is O=S(=O)(c1ccc(Cl)cc1)C1(c2ccc(F)cc2)CCC2(CC1)OCCO2. The van der Waals surface area contributed by atoms with Crippen LogP contribution in [0.4, 0.5) is 4.39 Å². The minimum atomic E-state index is -3.74. The number of hydrogen-bond acceptors (Lipinski definition) is 4. The normalized spacial score (nSPS) is 21.4. The highest BCUT2D eigenvalue weighted by molar-refractivity contribution is 7.92. The van der Waals surface area contributed by atoms with Crippen LogP contribution in [0.15, 0.2) is 53.4 Å². The van der Waals surface area contributed by atoms with Crippen molar-refractivity contribution in [3.05, 3.63) is 64.9 Å². The van der Waals surface area contributed by atoms with Crippen molar-refractivity contribution in [1.82, 2.24) is 0 Å². The Morgan fingerprint density at radius 2 is 1.41 bits per heavy atom. The average molecular weight is 411 g/mol. The molecule has 7 heteroatoms. The van der Waals surface area contributed by atoms with Gasteiger partial charge in [0.2, 0.25) is 0 Å². The van der Waals surface area contributed by atoms with Crippen LogP contribution in [-0.4, -0.2) is 27.4 Å². The van der Waals surface area contributed by atoms with E-state index in [1.807, 2.05) is 0 Å². The van der Waals surface area contributed by atoms with Gasteiger partial charge in [-0.25, -0.2) is 12.8 Å². The summed E-state index contributed by atoms with van der Waals surface area (Å²) in [7, 11) is -3.74. The number of halogens is 2. The Hall–Kier alpha value is -1.47. The van der Waals surface area contributed by atoms with Gasteiger partial charge >= 0.3 is 0 Å². The number of hydrogen-bond donors (Lipinski definition) is 0. The molecule has 0 bridgehead atoms. The van der Waals surface area contributed by atoms with Gasteiger partial charge in [-0.1, -0.05) is 23.7 Å². The Labute approximate surface area is 163 Å². The summed E-state index contributed by atoms with van der Waals surface area (Å²) in [5, 5.41) is 0.472.